The van der Waals surface area contributed by atoms with Crippen LogP contribution in [0.5, 0.6) is 0 Å². The van der Waals surface area contributed by atoms with Gasteiger partial charge in [0, 0.05) is 56.0 Å². The zero-order valence-corrected chi connectivity index (χ0v) is 20.7. The number of aromatic nitrogens is 1. The predicted molar refractivity (Wildman–Crippen MR) is 139 cm³/mol. The summed E-state index contributed by atoms with van der Waals surface area (Å²) in [5.41, 5.74) is 3.23. The van der Waals surface area contributed by atoms with Crippen molar-refractivity contribution < 1.29 is 14.3 Å². The van der Waals surface area contributed by atoms with Crippen LogP contribution in [0.15, 0.2) is 58.7 Å². The van der Waals surface area contributed by atoms with Crippen molar-refractivity contribution in [2.75, 3.05) is 49.6 Å². The van der Waals surface area contributed by atoms with Crippen molar-refractivity contribution in [3.8, 4) is 0 Å². The molecule has 2 saturated heterocycles. The fourth-order valence-corrected chi connectivity index (χ4v) is 6.30. The summed E-state index contributed by atoms with van der Waals surface area (Å²) in [4.78, 5) is 43.4. The maximum Gasteiger partial charge on any atom is 0.265 e. The van der Waals surface area contributed by atoms with Crippen LogP contribution >= 0.6 is 11.3 Å². The smallest absolute Gasteiger partial charge is 0.265 e. The summed E-state index contributed by atoms with van der Waals surface area (Å²) in [5.74, 6) is 0.338. The van der Waals surface area contributed by atoms with E-state index in [1.165, 1.54) is 11.3 Å². The van der Waals surface area contributed by atoms with Gasteiger partial charge in [0.25, 0.3) is 17.4 Å². The van der Waals surface area contributed by atoms with Crippen LogP contribution in [0.4, 0.5) is 11.4 Å². The number of ether oxygens (including phenoxy) is 1. The van der Waals surface area contributed by atoms with E-state index in [-0.39, 0.29) is 23.3 Å². The highest BCUT2D eigenvalue weighted by Gasteiger charge is 2.35. The molecule has 2 fully saturated rings. The Kier molecular flexibility index (Phi) is 6.10. The third kappa shape index (κ3) is 4.33. The summed E-state index contributed by atoms with van der Waals surface area (Å²) < 4.78 is 7.31. The molecule has 36 heavy (non-hydrogen) atoms. The monoisotopic (exact) mass is 504 g/mol. The Morgan fingerprint density at radius 2 is 1.86 bits per heavy atom. The molecule has 0 unspecified atom stereocenters. The number of nitrogens with zero attached hydrogens (tertiary/aromatic N) is 3. The minimum atomic E-state index is -0.184. The van der Waals surface area contributed by atoms with Crippen LogP contribution < -0.4 is 15.8 Å². The molecule has 2 atom stereocenters. The highest BCUT2D eigenvalue weighted by Crippen LogP contribution is 2.39. The Bertz CT molecular complexity index is 1350. The average molecular weight is 505 g/mol. The first-order valence-corrected chi connectivity index (χ1v) is 13.3. The zero-order valence-electron chi connectivity index (χ0n) is 19.9. The van der Waals surface area contributed by atoms with Gasteiger partial charge in [-0.25, -0.2) is 0 Å². The summed E-state index contributed by atoms with van der Waals surface area (Å²) in [5, 5.41) is 4.96. The number of pyridine rings is 1. The standard InChI is InChI=1S/C27H28N4O4S/c32-25-5-1-3-22-20-13-18(16-31(22)25)15-30(17-20)23-7-6-19(27(34)29-8-10-35-11-9-29)14-21(23)28-26(33)24-4-2-12-36-24/h1-7,12,14,18,20H,8-11,13,15-17H2,(H,28,33)/t18-,20+/m1/s1. The highest BCUT2D eigenvalue weighted by molar-refractivity contribution is 7.12. The Labute approximate surface area is 213 Å². The number of hydrogen-bond donors (Lipinski definition) is 1. The van der Waals surface area contributed by atoms with Crippen LogP contribution in [0, 0.1) is 5.92 Å². The first kappa shape index (κ1) is 23.0. The van der Waals surface area contributed by atoms with E-state index in [2.05, 4.69) is 16.3 Å². The van der Waals surface area contributed by atoms with Gasteiger partial charge in [0.2, 0.25) is 0 Å². The van der Waals surface area contributed by atoms with Gasteiger partial charge in [-0.1, -0.05) is 12.1 Å². The maximum atomic E-state index is 13.2. The van der Waals surface area contributed by atoms with Gasteiger partial charge < -0.3 is 24.4 Å². The number of morpholine rings is 1. The SMILES string of the molecule is O=C(Nc1cc(C(=O)N2CCOCC2)ccc1N1C[C@H]2C[C@@H](C1)c1cccc(=O)n1C2)c1cccs1. The van der Waals surface area contributed by atoms with E-state index >= 15 is 0 Å². The van der Waals surface area contributed by atoms with Crippen LogP contribution in [-0.2, 0) is 11.3 Å². The molecule has 0 aliphatic carbocycles. The topological polar surface area (TPSA) is 83.9 Å². The van der Waals surface area contributed by atoms with Crippen molar-refractivity contribution >= 4 is 34.5 Å². The largest absolute Gasteiger partial charge is 0.378 e. The van der Waals surface area contributed by atoms with E-state index in [9.17, 15) is 14.4 Å². The van der Waals surface area contributed by atoms with Crippen molar-refractivity contribution in [1.82, 2.24) is 9.47 Å². The molecule has 3 aromatic rings. The molecule has 2 aromatic heterocycles. The van der Waals surface area contributed by atoms with Crippen LogP contribution in [-0.4, -0.2) is 60.7 Å². The normalized spacial score (nSPS) is 21.1. The van der Waals surface area contributed by atoms with Crippen molar-refractivity contribution in [3.63, 3.8) is 0 Å². The molecule has 0 saturated carbocycles. The summed E-state index contributed by atoms with van der Waals surface area (Å²) in [6.45, 7) is 4.43. The van der Waals surface area contributed by atoms with Gasteiger partial charge in [0.1, 0.15) is 0 Å². The lowest BCUT2D eigenvalue weighted by molar-refractivity contribution is 0.0303. The number of thiophene rings is 1. The first-order valence-electron chi connectivity index (χ1n) is 12.4. The number of rotatable bonds is 4. The molecule has 3 aliphatic rings. The van der Waals surface area contributed by atoms with Crippen molar-refractivity contribution in [1.29, 1.82) is 0 Å². The van der Waals surface area contributed by atoms with Crippen LogP contribution in [0.2, 0.25) is 0 Å². The summed E-state index contributed by atoms with van der Waals surface area (Å²) in [6, 6.07) is 14.8. The van der Waals surface area contributed by atoms with E-state index < -0.39 is 0 Å². The molecular weight excluding hydrogens is 476 g/mol. The number of carbonyl (C=O) groups excluding carboxylic acids is 2. The highest BCUT2D eigenvalue weighted by atomic mass is 32.1. The lowest BCUT2D eigenvalue weighted by atomic mass is 9.83. The minimum Gasteiger partial charge on any atom is -0.378 e. The maximum absolute atomic E-state index is 13.2. The fraction of sp³-hybridized carbons (Fsp3) is 0.370. The fourth-order valence-electron chi connectivity index (χ4n) is 5.68. The summed E-state index contributed by atoms with van der Waals surface area (Å²) in [7, 11) is 0. The van der Waals surface area contributed by atoms with E-state index in [4.69, 9.17) is 4.74 Å². The van der Waals surface area contributed by atoms with E-state index in [1.54, 1.807) is 17.0 Å². The molecule has 2 bridgehead atoms. The van der Waals surface area contributed by atoms with E-state index in [1.807, 2.05) is 40.3 Å². The average Bonchev–Trinajstić information content (AvgIpc) is 3.45. The third-order valence-electron chi connectivity index (χ3n) is 7.36. The number of hydrogen-bond acceptors (Lipinski definition) is 6. The molecule has 1 aromatic carbocycles. The van der Waals surface area contributed by atoms with E-state index in [0.29, 0.717) is 54.9 Å². The molecule has 9 heteroatoms. The minimum absolute atomic E-state index is 0.0553. The quantitative estimate of drug-likeness (QED) is 0.590. The third-order valence-corrected chi connectivity index (χ3v) is 8.22. The van der Waals surface area contributed by atoms with Crippen LogP contribution in [0.1, 0.15) is 38.1 Å². The molecule has 8 nitrogen and oxygen atoms in total. The first-order chi connectivity index (χ1) is 17.6. The second-order valence-corrected chi connectivity index (χ2v) is 10.6. The van der Waals surface area contributed by atoms with Gasteiger partial charge in [-0.2, -0.15) is 0 Å². The second kappa shape index (κ2) is 9.55. The van der Waals surface area contributed by atoms with Gasteiger partial charge in [0.05, 0.1) is 29.5 Å². The van der Waals surface area contributed by atoms with Gasteiger partial charge in [0.15, 0.2) is 0 Å². The van der Waals surface area contributed by atoms with Crippen molar-refractivity contribution in [3.05, 3.63) is 80.4 Å². The molecule has 6 rings (SSSR count). The molecule has 2 amide bonds. The number of fused-ring (bicyclic) bond motifs is 4. The number of amides is 2. The van der Waals surface area contributed by atoms with Crippen molar-refractivity contribution in [2.24, 2.45) is 5.92 Å². The molecular formula is C27H28N4O4S. The Balaban J connectivity index is 1.33. The molecule has 186 valence electrons. The lowest BCUT2D eigenvalue weighted by Gasteiger charge is -2.44. The van der Waals surface area contributed by atoms with Gasteiger partial charge in [-0.05, 0) is 48.1 Å². The number of anilines is 2. The predicted octanol–water partition coefficient (Wildman–Crippen LogP) is 3.26. The number of nitrogens with one attached hydrogen (secondary N) is 1. The van der Waals surface area contributed by atoms with Crippen LogP contribution in [0.3, 0.4) is 0 Å². The van der Waals surface area contributed by atoms with E-state index in [0.717, 1.165) is 30.9 Å². The molecule has 3 aliphatic heterocycles. The van der Waals surface area contributed by atoms with Gasteiger partial charge >= 0.3 is 0 Å². The number of benzene rings is 1. The Morgan fingerprint density at radius 1 is 1.00 bits per heavy atom. The Morgan fingerprint density at radius 3 is 2.67 bits per heavy atom. The molecule has 1 N–H and O–H groups in total. The number of carbonyl (C=O) groups is 2. The van der Waals surface area contributed by atoms with Crippen LogP contribution in [0.25, 0.3) is 0 Å². The zero-order chi connectivity index (χ0) is 24.6. The molecule has 0 radical (unpaired) electrons. The lowest BCUT2D eigenvalue weighted by Crippen LogP contribution is -2.47. The second-order valence-electron chi connectivity index (χ2n) is 9.67. The van der Waals surface area contributed by atoms with Gasteiger partial charge in [-0.3, -0.25) is 14.4 Å². The molecule has 0 spiro atoms. The molecule has 5 heterocycles. The summed E-state index contributed by atoms with van der Waals surface area (Å²) >= 11 is 1.39. The summed E-state index contributed by atoms with van der Waals surface area (Å²) in [6.07, 6.45) is 1.05. The number of piperidine rings is 1. The van der Waals surface area contributed by atoms with Gasteiger partial charge in [-0.15, -0.1) is 11.3 Å². The Hall–Kier alpha value is -3.43. The van der Waals surface area contributed by atoms with Crippen molar-refractivity contribution in [2.45, 2.75) is 18.9 Å².